The van der Waals surface area contributed by atoms with Gasteiger partial charge in [0.15, 0.2) is 5.82 Å². The first-order chi connectivity index (χ1) is 15.0. The zero-order valence-electron chi connectivity index (χ0n) is 17.6. The molecule has 2 aromatic heterocycles. The number of fused-ring (bicyclic) bond motifs is 1. The molecular formula is C20H29FN6O3S. The third kappa shape index (κ3) is 5.39. The molecule has 2 aromatic rings. The van der Waals surface area contributed by atoms with Crippen molar-refractivity contribution in [2.24, 2.45) is 5.92 Å². The van der Waals surface area contributed by atoms with Crippen LogP contribution in [0.1, 0.15) is 43.6 Å². The van der Waals surface area contributed by atoms with Crippen molar-refractivity contribution in [3.63, 3.8) is 0 Å². The third-order valence-electron chi connectivity index (χ3n) is 6.17. The van der Waals surface area contributed by atoms with Gasteiger partial charge >= 0.3 is 0 Å². The molecule has 2 unspecified atom stereocenters. The second-order valence-electron chi connectivity index (χ2n) is 8.13. The van der Waals surface area contributed by atoms with E-state index in [-0.39, 0.29) is 18.1 Å². The fourth-order valence-electron chi connectivity index (χ4n) is 4.42. The Kier molecular flexibility index (Phi) is 7.13. The first-order valence-electron chi connectivity index (χ1n) is 10.8. The number of aromatic nitrogens is 4. The highest BCUT2D eigenvalue weighted by atomic mass is 32.2. The van der Waals surface area contributed by atoms with Gasteiger partial charge in [-0.05, 0) is 44.1 Å². The van der Waals surface area contributed by atoms with Crippen molar-refractivity contribution < 1.29 is 17.5 Å². The zero-order valence-corrected chi connectivity index (χ0v) is 18.5. The van der Waals surface area contributed by atoms with Crippen molar-refractivity contribution in [1.29, 1.82) is 0 Å². The highest BCUT2D eigenvalue weighted by Crippen LogP contribution is 2.31. The zero-order chi connectivity index (χ0) is 21.8. The van der Waals surface area contributed by atoms with Gasteiger partial charge in [0.25, 0.3) is 0 Å². The second-order valence-corrected chi connectivity index (χ2v) is 8.96. The van der Waals surface area contributed by atoms with E-state index in [9.17, 15) is 12.8 Å². The number of hydrogen-bond acceptors (Lipinski definition) is 7. The van der Waals surface area contributed by atoms with Crippen LogP contribution in [0.2, 0.25) is 0 Å². The summed E-state index contributed by atoms with van der Waals surface area (Å²) in [7, 11) is -2.62. The average Bonchev–Trinajstić information content (AvgIpc) is 3.21. The third-order valence-corrected chi connectivity index (χ3v) is 6.61. The number of hydrogen-bond donors (Lipinski definition) is 2. The molecule has 9 nitrogen and oxygen atoms in total. The van der Waals surface area contributed by atoms with E-state index in [1.54, 1.807) is 0 Å². The Morgan fingerprint density at radius 2 is 1.97 bits per heavy atom. The topological polar surface area (TPSA) is 102 Å². The smallest absolute Gasteiger partial charge is 0.225 e. The van der Waals surface area contributed by atoms with E-state index in [0.29, 0.717) is 19.1 Å². The molecule has 1 fully saturated rings. The Balaban J connectivity index is 1.37. The molecule has 0 bridgehead atoms. The molecule has 4 rings (SSSR count). The lowest BCUT2D eigenvalue weighted by Crippen LogP contribution is -2.41. The van der Waals surface area contributed by atoms with Crippen molar-refractivity contribution in [3.05, 3.63) is 35.7 Å². The minimum Gasteiger partial charge on any atom is -0.376 e. The molecule has 2 aliphatic rings. The number of piperidine rings is 1. The summed E-state index contributed by atoms with van der Waals surface area (Å²) in [5.74, 6) is 0.236. The van der Waals surface area contributed by atoms with Gasteiger partial charge in [0.1, 0.15) is 0 Å². The van der Waals surface area contributed by atoms with Crippen molar-refractivity contribution >= 4 is 16.8 Å². The van der Waals surface area contributed by atoms with Crippen molar-refractivity contribution in [2.45, 2.75) is 51.2 Å². The Hall–Kier alpha value is -2.11. The Bertz CT molecular complexity index is 935. The van der Waals surface area contributed by atoms with Crippen LogP contribution in [0.25, 0.3) is 0 Å². The summed E-state index contributed by atoms with van der Waals surface area (Å²) in [4.78, 5) is 10.2. The normalized spacial score (nSPS) is 22.1. The number of rotatable bonds is 8. The fraction of sp³-hybridized carbons (Fsp3) is 0.650. The lowest BCUT2D eigenvalue weighted by molar-refractivity contribution is -0.000880. The fourth-order valence-corrected chi connectivity index (χ4v) is 4.81. The molecular weight excluding hydrogens is 423 g/mol. The van der Waals surface area contributed by atoms with Crippen molar-refractivity contribution in [2.75, 3.05) is 31.1 Å². The Labute approximate surface area is 183 Å². The molecule has 0 radical (unpaired) electrons. The molecule has 2 aliphatic heterocycles. The van der Waals surface area contributed by atoms with Gasteiger partial charge < -0.3 is 9.64 Å². The number of ether oxygens (including phenoxy) is 1. The summed E-state index contributed by atoms with van der Waals surface area (Å²) < 4.78 is 46.1. The molecule has 0 spiro atoms. The van der Waals surface area contributed by atoms with E-state index in [1.807, 2.05) is 9.58 Å². The molecule has 31 heavy (non-hydrogen) atoms. The predicted octanol–water partition coefficient (Wildman–Crippen LogP) is 1.28. The average molecular weight is 453 g/mol. The van der Waals surface area contributed by atoms with Gasteiger partial charge in [-0.3, -0.25) is 4.68 Å². The standard InChI is InChI=1S/C20H29FN6O3S/c1-2-16-9-17-4-3-14(10-24-31(28)29)19(27(17)25-16)13-30-18-5-7-26(8-6-18)20-22-11-15(21)12-23-20/h9,11-12,14,18-19,31H,2-8,10,13H2,1H3,(H,24,28,29). The van der Waals surface area contributed by atoms with Gasteiger partial charge in [-0.2, -0.15) is 5.10 Å². The number of halogens is 1. The van der Waals surface area contributed by atoms with Crippen LogP contribution in [0.4, 0.5) is 10.3 Å². The molecule has 11 heteroatoms. The van der Waals surface area contributed by atoms with Crippen LogP contribution in [-0.2, 0) is 28.5 Å². The van der Waals surface area contributed by atoms with Crippen LogP contribution < -0.4 is 9.62 Å². The molecule has 0 saturated carbocycles. The van der Waals surface area contributed by atoms with Gasteiger partial charge in [0.05, 0.1) is 36.8 Å². The summed E-state index contributed by atoms with van der Waals surface area (Å²) in [5.41, 5.74) is 2.24. The Morgan fingerprint density at radius 1 is 1.23 bits per heavy atom. The van der Waals surface area contributed by atoms with Crippen LogP contribution >= 0.6 is 0 Å². The van der Waals surface area contributed by atoms with E-state index < -0.39 is 16.7 Å². The van der Waals surface area contributed by atoms with Gasteiger partial charge in [-0.25, -0.2) is 27.5 Å². The lowest BCUT2D eigenvalue weighted by atomic mass is 9.90. The summed E-state index contributed by atoms with van der Waals surface area (Å²) in [6.07, 6.45) is 6.79. The monoisotopic (exact) mass is 452 g/mol. The number of nitrogens with zero attached hydrogens (tertiary/aromatic N) is 5. The molecule has 4 heterocycles. The first kappa shape index (κ1) is 22.1. The second kappa shape index (κ2) is 10.0. The highest BCUT2D eigenvalue weighted by Gasteiger charge is 2.32. The van der Waals surface area contributed by atoms with Crippen LogP contribution in [-0.4, -0.2) is 60.5 Å². The molecule has 1 saturated heterocycles. The molecule has 0 aliphatic carbocycles. The Morgan fingerprint density at radius 3 is 2.65 bits per heavy atom. The van der Waals surface area contributed by atoms with E-state index in [4.69, 9.17) is 9.84 Å². The minimum absolute atomic E-state index is 0.00459. The number of aryl methyl sites for hydroxylation is 2. The molecule has 0 amide bonds. The van der Waals surface area contributed by atoms with E-state index in [1.165, 1.54) is 18.1 Å². The summed E-state index contributed by atoms with van der Waals surface area (Å²) in [6.45, 7) is 4.47. The van der Waals surface area contributed by atoms with Crippen LogP contribution in [0, 0.1) is 11.7 Å². The van der Waals surface area contributed by atoms with Gasteiger partial charge in [-0.15, -0.1) is 0 Å². The molecule has 0 aromatic carbocycles. The number of thiol groups is 1. The van der Waals surface area contributed by atoms with Crippen molar-refractivity contribution in [3.8, 4) is 0 Å². The van der Waals surface area contributed by atoms with Gasteiger partial charge in [0, 0.05) is 25.3 Å². The lowest BCUT2D eigenvalue weighted by Gasteiger charge is -2.36. The first-order valence-corrected chi connectivity index (χ1v) is 12.0. The SMILES string of the molecule is CCc1cc2n(n1)C(COC1CCN(c3ncc(F)cn3)CC1)C(CN[SH](=O)=O)CC2. The van der Waals surface area contributed by atoms with E-state index >= 15 is 0 Å². The van der Waals surface area contributed by atoms with Crippen molar-refractivity contribution in [1.82, 2.24) is 24.5 Å². The summed E-state index contributed by atoms with van der Waals surface area (Å²) >= 11 is 0. The quantitative estimate of drug-likeness (QED) is 0.582. The maximum absolute atomic E-state index is 13.0. The summed E-state index contributed by atoms with van der Waals surface area (Å²) in [6, 6.07) is 2.15. The molecule has 1 N–H and O–H groups in total. The number of nitrogens with one attached hydrogen (secondary N) is 1. The van der Waals surface area contributed by atoms with E-state index in [0.717, 1.165) is 50.9 Å². The van der Waals surface area contributed by atoms with Crippen LogP contribution in [0.3, 0.4) is 0 Å². The van der Waals surface area contributed by atoms with E-state index in [2.05, 4.69) is 27.7 Å². The summed E-state index contributed by atoms with van der Waals surface area (Å²) in [5, 5.41) is 4.75. The predicted molar refractivity (Wildman–Crippen MR) is 114 cm³/mol. The van der Waals surface area contributed by atoms with Gasteiger partial charge in [-0.1, -0.05) is 6.92 Å². The highest BCUT2D eigenvalue weighted by molar-refractivity contribution is 7.70. The molecule has 170 valence electrons. The largest absolute Gasteiger partial charge is 0.376 e. The minimum atomic E-state index is -2.62. The molecule has 2 atom stereocenters. The maximum atomic E-state index is 13.0. The van der Waals surface area contributed by atoms with Gasteiger partial charge in [0.2, 0.25) is 16.8 Å². The maximum Gasteiger partial charge on any atom is 0.225 e. The van der Waals surface area contributed by atoms with Crippen LogP contribution in [0.15, 0.2) is 18.5 Å². The van der Waals surface area contributed by atoms with Crippen LogP contribution in [0.5, 0.6) is 0 Å². The number of anilines is 1.